The molecule has 0 saturated heterocycles. The number of hydrogen-bond donors (Lipinski definition) is 0. The smallest absolute Gasteiger partial charge is 0.309 e. The molecule has 0 spiro atoms. The molecule has 0 aliphatic heterocycles. The number of carbonyl (C=O) groups is 1. The van der Waals surface area contributed by atoms with Gasteiger partial charge in [-0.25, -0.2) is 0 Å². The van der Waals surface area contributed by atoms with Crippen LogP contribution in [0.25, 0.3) is 10.9 Å². The van der Waals surface area contributed by atoms with E-state index in [1.807, 2.05) is 31.1 Å². The Hall–Kier alpha value is -1.82. The highest BCUT2D eigenvalue weighted by Crippen LogP contribution is 2.25. The molecule has 1 aromatic heterocycles. The molecule has 0 bridgehead atoms. The molecule has 114 valence electrons. The number of alkyl halides is 3. The number of halogens is 3. The summed E-state index contributed by atoms with van der Waals surface area (Å²) in [5.74, 6) is -0.949. The average Bonchev–Trinajstić information content (AvgIpc) is 2.73. The van der Waals surface area contributed by atoms with Crippen molar-refractivity contribution in [3.8, 4) is 0 Å². The Morgan fingerprint density at radius 3 is 2.52 bits per heavy atom. The third kappa shape index (κ3) is 3.85. The van der Waals surface area contributed by atoms with Gasteiger partial charge in [0.15, 0.2) is 0 Å². The first kappa shape index (κ1) is 15.6. The van der Waals surface area contributed by atoms with E-state index in [9.17, 15) is 18.0 Å². The van der Waals surface area contributed by atoms with Gasteiger partial charge in [0.2, 0.25) is 5.91 Å². The predicted molar refractivity (Wildman–Crippen MR) is 75.5 cm³/mol. The lowest BCUT2D eigenvalue weighted by Crippen LogP contribution is -2.19. The second-order valence-electron chi connectivity index (χ2n) is 5.28. The van der Waals surface area contributed by atoms with E-state index in [1.165, 1.54) is 6.20 Å². The summed E-state index contributed by atoms with van der Waals surface area (Å²) in [6.07, 6.45) is -3.73. The SMILES string of the molecule is CN(C)CCc1cn(C(=O)CC(F)(F)F)c2ccccc12. The van der Waals surface area contributed by atoms with Gasteiger partial charge in [0, 0.05) is 18.1 Å². The number of carbonyl (C=O) groups excluding carboxylic acids is 1. The number of hydrogen-bond acceptors (Lipinski definition) is 2. The first-order valence-corrected chi connectivity index (χ1v) is 6.61. The van der Waals surface area contributed by atoms with Gasteiger partial charge >= 0.3 is 6.18 Å². The van der Waals surface area contributed by atoms with E-state index in [2.05, 4.69) is 0 Å². The van der Waals surface area contributed by atoms with Gasteiger partial charge in [0.05, 0.1) is 5.52 Å². The van der Waals surface area contributed by atoms with E-state index in [4.69, 9.17) is 0 Å². The molecular formula is C15H17F3N2O. The van der Waals surface area contributed by atoms with E-state index in [1.54, 1.807) is 12.1 Å². The van der Waals surface area contributed by atoms with Gasteiger partial charge in [0.25, 0.3) is 0 Å². The van der Waals surface area contributed by atoms with Crippen molar-refractivity contribution < 1.29 is 18.0 Å². The molecule has 0 atom stereocenters. The Kier molecular flexibility index (Phi) is 4.37. The van der Waals surface area contributed by atoms with Gasteiger partial charge in [0.1, 0.15) is 6.42 Å². The summed E-state index contributed by atoms with van der Waals surface area (Å²) in [5.41, 5.74) is 1.41. The van der Waals surface area contributed by atoms with E-state index in [0.717, 1.165) is 22.1 Å². The summed E-state index contributed by atoms with van der Waals surface area (Å²) in [5, 5.41) is 0.829. The Labute approximate surface area is 121 Å². The number of nitrogens with zero attached hydrogens (tertiary/aromatic N) is 2. The Bertz CT molecular complexity index is 644. The summed E-state index contributed by atoms with van der Waals surface area (Å²) in [4.78, 5) is 13.8. The molecule has 6 heteroatoms. The maximum absolute atomic E-state index is 12.4. The van der Waals surface area contributed by atoms with Crippen LogP contribution in [0.15, 0.2) is 30.5 Å². The van der Waals surface area contributed by atoms with E-state index < -0.39 is 18.5 Å². The van der Waals surface area contributed by atoms with Crippen LogP contribution in [0.2, 0.25) is 0 Å². The van der Waals surface area contributed by atoms with Crippen LogP contribution in [0.4, 0.5) is 13.2 Å². The number of benzene rings is 1. The summed E-state index contributed by atoms with van der Waals surface area (Å²) in [7, 11) is 3.85. The van der Waals surface area contributed by atoms with Gasteiger partial charge in [-0.05, 0) is 32.1 Å². The molecular weight excluding hydrogens is 281 g/mol. The van der Waals surface area contributed by atoms with Crippen molar-refractivity contribution in [3.63, 3.8) is 0 Å². The molecule has 0 saturated carbocycles. The van der Waals surface area contributed by atoms with Gasteiger partial charge < -0.3 is 4.90 Å². The van der Waals surface area contributed by atoms with Crippen LogP contribution in [0.5, 0.6) is 0 Å². The fourth-order valence-electron chi connectivity index (χ4n) is 2.26. The summed E-state index contributed by atoms with van der Waals surface area (Å²) < 4.78 is 38.4. The lowest BCUT2D eigenvalue weighted by Gasteiger charge is -2.08. The van der Waals surface area contributed by atoms with Gasteiger partial charge in [-0.3, -0.25) is 9.36 Å². The predicted octanol–water partition coefficient (Wildman–Crippen LogP) is 3.34. The highest BCUT2D eigenvalue weighted by Gasteiger charge is 2.32. The molecule has 2 aromatic rings. The molecule has 0 N–H and O–H groups in total. The van der Waals surface area contributed by atoms with Crippen LogP contribution in [0, 0.1) is 0 Å². The zero-order chi connectivity index (χ0) is 15.6. The monoisotopic (exact) mass is 298 g/mol. The summed E-state index contributed by atoms with van der Waals surface area (Å²) >= 11 is 0. The van der Waals surface area contributed by atoms with Crippen molar-refractivity contribution in [1.29, 1.82) is 0 Å². The standard InChI is InChI=1S/C15H17F3N2O/c1-19(2)8-7-11-10-20(14(21)9-15(16,17)18)13-6-4-3-5-12(11)13/h3-6,10H,7-9H2,1-2H3. The van der Waals surface area contributed by atoms with Crippen molar-refractivity contribution in [1.82, 2.24) is 9.47 Å². The third-order valence-corrected chi connectivity index (χ3v) is 3.24. The largest absolute Gasteiger partial charge is 0.397 e. The molecule has 0 radical (unpaired) electrons. The fourth-order valence-corrected chi connectivity index (χ4v) is 2.26. The molecule has 21 heavy (non-hydrogen) atoms. The van der Waals surface area contributed by atoms with Gasteiger partial charge in [-0.15, -0.1) is 0 Å². The number of para-hydroxylation sites is 1. The number of aromatic nitrogens is 1. The van der Waals surface area contributed by atoms with E-state index in [0.29, 0.717) is 11.9 Å². The maximum Gasteiger partial charge on any atom is 0.397 e. The van der Waals surface area contributed by atoms with Crippen LogP contribution in [-0.2, 0) is 6.42 Å². The Balaban J connectivity index is 2.38. The molecule has 0 aliphatic carbocycles. The van der Waals surface area contributed by atoms with Crippen molar-refractivity contribution in [2.24, 2.45) is 0 Å². The van der Waals surface area contributed by atoms with Crippen LogP contribution < -0.4 is 0 Å². The Morgan fingerprint density at radius 2 is 1.90 bits per heavy atom. The normalized spacial score (nSPS) is 12.3. The summed E-state index contributed by atoms with van der Waals surface area (Å²) in [6.45, 7) is 0.765. The highest BCUT2D eigenvalue weighted by atomic mass is 19.4. The second kappa shape index (κ2) is 5.89. The van der Waals surface area contributed by atoms with Crippen molar-refractivity contribution in [2.45, 2.75) is 19.0 Å². The minimum absolute atomic E-state index is 0.528. The summed E-state index contributed by atoms with van der Waals surface area (Å²) in [6, 6.07) is 7.04. The van der Waals surface area contributed by atoms with E-state index in [-0.39, 0.29) is 0 Å². The van der Waals surface area contributed by atoms with E-state index >= 15 is 0 Å². The topological polar surface area (TPSA) is 25.2 Å². The lowest BCUT2D eigenvalue weighted by molar-refractivity contribution is -0.126. The molecule has 1 aromatic carbocycles. The van der Waals surface area contributed by atoms with Gasteiger partial charge in [-0.1, -0.05) is 18.2 Å². The maximum atomic E-state index is 12.4. The molecule has 0 amide bonds. The number of rotatable bonds is 4. The first-order valence-electron chi connectivity index (χ1n) is 6.61. The van der Waals surface area contributed by atoms with Crippen LogP contribution in [-0.4, -0.2) is 42.2 Å². The average molecular weight is 298 g/mol. The molecule has 1 heterocycles. The van der Waals surface area contributed by atoms with Crippen LogP contribution in [0.3, 0.4) is 0 Å². The minimum atomic E-state index is -4.49. The first-order chi connectivity index (χ1) is 9.78. The molecule has 0 fully saturated rings. The van der Waals surface area contributed by atoms with Crippen molar-refractivity contribution >= 4 is 16.8 Å². The molecule has 0 unspecified atom stereocenters. The molecule has 0 aliphatic rings. The second-order valence-corrected chi connectivity index (χ2v) is 5.28. The number of likely N-dealkylation sites (N-methyl/N-ethyl adjacent to an activating group) is 1. The quantitative estimate of drug-likeness (QED) is 0.865. The van der Waals surface area contributed by atoms with Crippen molar-refractivity contribution in [2.75, 3.05) is 20.6 Å². The number of fused-ring (bicyclic) bond motifs is 1. The molecule has 3 nitrogen and oxygen atoms in total. The Morgan fingerprint density at radius 1 is 1.24 bits per heavy atom. The minimum Gasteiger partial charge on any atom is -0.309 e. The lowest BCUT2D eigenvalue weighted by atomic mass is 10.1. The van der Waals surface area contributed by atoms with Crippen molar-refractivity contribution in [3.05, 3.63) is 36.0 Å². The van der Waals surface area contributed by atoms with Crippen LogP contribution >= 0.6 is 0 Å². The van der Waals surface area contributed by atoms with Gasteiger partial charge in [-0.2, -0.15) is 13.2 Å². The zero-order valence-electron chi connectivity index (χ0n) is 11.9. The fraction of sp³-hybridized carbons (Fsp3) is 0.400. The molecule has 2 rings (SSSR count). The highest BCUT2D eigenvalue weighted by molar-refractivity contribution is 5.94. The van der Waals surface area contributed by atoms with Crippen LogP contribution in [0.1, 0.15) is 16.8 Å². The zero-order valence-corrected chi connectivity index (χ0v) is 11.9. The third-order valence-electron chi connectivity index (χ3n) is 3.24.